The van der Waals surface area contributed by atoms with Crippen molar-refractivity contribution >= 4 is 29.9 Å². The maximum Gasteiger partial charge on any atom is 0.225 e. The third-order valence-electron chi connectivity index (χ3n) is 2.58. The molecule has 1 rings (SSSR count). The van der Waals surface area contributed by atoms with E-state index in [1.807, 2.05) is 13.8 Å². The van der Waals surface area contributed by atoms with Crippen molar-refractivity contribution in [2.75, 3.05) is 13.7 Å². The summed E-state index contributed by atoms with van der Waals surface area (Å²) in [5.74, 6) is 0.547. The fourth-order valence-corrected chi connectivity index (χ4v) is 1.73. The minimum Gasteiger partial charge on any atom is -0.496 e. The van der Waals surface area contributed by atoms with Gasteiger partial charge in [-0.1, -0.05) is 11.6 Å². The second kappa shape index (κ2) is 7.58. The highest BCUT2D eigenvalue weighted by Crippen LogP contribution is 2.23. The first-order chi connectivity index (χ1) is 8.38. The van der Waals surface area contributed by atoms with Crippen LogP contribution >= 0.6 is 24.0 Å². The molecule has 0 heterocycles. The van der Waals surface area contributed by atoms with Gasteiger partial charge in [-0.3, -0.25) is 4.79 Å². The summed E-state index contributed by atoms with van der Waals surface area (Å²) in [6.07, 6.45) is 0.215. The van der Waals surface area contributed by atoms with E-state index in [1.165, 1.54) is 0 Å². The number of halogens is 2. The zero-order valence-corrected chi connectivity index (χ0v) is 12.9. The lowest BCUT2D eigenvalue weighted by atomic mass is 10.0. The van der Waals surface area contributed by atoms with Crippen molar-refractivity contribution in [3.63, 3.8) is 0 Å². The van der Waals surface area contributed by atoms with Crippen LogP contribution in [-0.2, 0) is 11.2 Å². The van der Waals surface area contributed by atoms with Crippen LogP contribution in [0, 0.1) is 0 Å². The van der Waals surface area contributed by atoms with Crippen LogP contribution in [0.15, 0.2) is 18.2 Å². The summed E-state index contributed by atoms with van der Waals surface area (Å²) in [6, 6.07) is 5.21. The molecule has 6 heteroatoms. The molecule has 1 amide bonds. The van der Waals surface area contributed by atoms with Crippen LogP contribution in [0.25, 0.3) is 0 Å². The molecule has 1 aromatic carbocycles. The lowest BCUT2D eigenvalue weighted by Crippen LogP contribution is -2.49. The minimum atomic E-state index is -0.414. The van der Waals surface area contributed by atoms with Gasteiger partial charge in [0.25, 0.3) is 0 Å². The standard InChI is InChI=1S/C13H19ClN2O2.ClH/c1-13(2,8-15)16-12(17)7-9-6-10(14)4-5-11(9)18-3;/h4-6H,7-8,15H2,1-3H3,(H,16,17);1H. The van der Waals surface area contributed by atoms with Gasteiger partial charge in [0.05, 0.1) is 13.5 Å². The normalized spacial score (nSPS) is 10.6. The van der Waals surface area contributed by atoms with Gasteiger partial charge in [0.2, 0.25) is 5.91 Å². The molecule has 0 aliphatic rings. The number of benzene rings is 1. The summed E-state index contributed by atoms with van der Waals surface area (Å²) in [6.45, 7) is 4.13. The van der Waals surface area contributed by atoms with E-state index >= 15 is 0 Å². The second-order valence-electron chi connectivity index (χ2n) is 4.77. The summed E-state index contributed by atoms with van der Waals surface area (Å²) in [4.78, 5) is 11.9. The van der Waals surface area contributed by atoms with Crippen LogP contribution in [0.5, 0.6) is 5.75 Å². The first-order valence-electron chi connectivity index (χ1n) is 5.71. The maximum atomic E-state index is 11.9. The van der Waals surface area contributed by atoms with Crippen LogP contribution in [0.4, 0.5) is 0 Å². The van der Waals surface area contributed by atoms with Crippen LogP contribution in [-0.4, -0.2) is 25.1 Å². The Kier molecular flexibility index (Phi) is 7.19. The smallest absolute Gasteiger partial charge is 0.225 e. The molecule has 1 aromatic rings. The Morgan fingerprint density at radius 1 is 1.47 bits per heavy atom. The van der Waals surface area contributed by atoms with Crippen molar-refractivity contribution in [3.8, 4) is 5.75 Å². The summed E-state index contributed by atoms with van der Waals surface area (Å²) in [5.41, 5.74) is 5.91. The molecule has 0 saturated carbocycles. The number of carbonyl (C=O) groups excluding carboxylic acids is 1. The van der Waals surface area contributed by atoms with Crippen LogP contribution in [0.1, 0.15) is 19.4 Å². The molecule has 0 fully saturated rings. The molecule has 0 atom stereocenters. The van der Waals surface area contributed by atoms with Gasteiger partial charge in [-0.05, 0) is 32.0 Å². The average molecular weight is 307 g/mol. The Bertz CT molecular complexity index is 437. The molecular formula is C13H20Cl2N2O2. The van der Waals surface area contributed by atoms with E-state index in [0.29, 0.717) is 17.3 Å². The van der Waals surface area contributed by atoms with E-state index in [2.05, 4.69) is 5.32 Å². The van der Waals surface area contributed by atoms with Crippen molar-refractivity contribution in [1.29, 1.82) is 0 Å². The monoisotopic (exact) mass is 306 g/mol. The molecule has 108 valence electrons. The van der Waals surface area contributed by atoms with E-state index in [-0.39, 0.29) is 24.7 Å². The number of methoxy groups -OCH3 is 1. The predicted molar refractivity (Wildman–Crippen MR) is 80.2 cm³/mol. The average Bonchev–Trinajstić information content (AvgIpc) is 2.28. The Balaban J connectivity index is 0.00000324. The fraction of sp³-hybridized carbons (Fsp3) is 0.462. The molecule has 4 nitrogen and oxygen atoms in total. The third kappa shape index (κ3) is 5.68. The van der Waals surface area contributed by atoms with Gasteiger partial charge in [0.15, 0.2) is 0 Å². The first-order valence-corrected chi connectivity index (χ1v) is 6.09. The first kappa shape index (κ1) is 18.0. The SMILES string of the molecule is COc1ccc(Cl)cc1CC(=O)NC(C)(C)CN.Cl. The van der Waals surface area contributed by atoms with Crippen molar-refractivity contribution in [1.82, 2.24) is 5.32 Å². The van der Waals surface area contributed by atoms with Crippen molar-refractivity contribution < 1.29 is 9.53 Å². The van der Waals surface area contributed by atoms with Crippen LogP contribution in [0.2, 0.25) is 5.02 Å². The molecular weight excluding hydrogens is 287 g/mol. The highest BCUT2D eigenvalue weighted by atomic mass is 35.5. The van der Waals surface area contributed by atoms with E-state index in [0.717, 1.165) is 5.56 Å². The van der Waals surface area contributed by atoms with Crippen molar-refractivity contribution in [2.24, 2.45) is 5.73 Å². The largest absolute Gasteiger partial charge is 0.496 e. The van der Waals surface area contributed by atoms with Gasteiger partial charge in [-0.25, -0.2) is 0 Å². The lowest BCUT2D eigenvalue weighted by molar-refractivity contribution is -0.121. The summed E-state index contributed by atoms with van der Waals surface area (Å²) in [7, 11) is 1.56. The zero-order chi connectivity index (χ0) is 13.8. The van der Waals surface area contributed by atoms with Crippen molar-refractivity contribution in [3.05, 3.63) is 28.8 Å². The molecule has 19 heavy (non-hydrogen) atoms. The van der Waals surface area contributed by atoms with Gasteiger partial charge < -0.3 is 15.8 Å². The van der Waals surface area contributed by atoms with Gasteiger partial charge >= 0.3 is 0 Å². The molecule has 0 aliphatic carbocycles. The van der Waals surface area contributed by atoms with Crippen LogP contribution < -0.4 is 15.8 Å². The van der Waals surface area contributed by atoms with Gasteiger partial charge in [0, 0.05) is 22.7 Å². The maximum absolute atomic E-state index is 11.9. The number of ether oxygens (including phenoxy) is 1. The Morgan fingerprint density at radius 2 is 2.11 bits per heavy atom. The minimum absolute atomic E-state index is 0. The summed E-state index contributed by atoms with van der Waals surface area (Å²) < 4.78 is 5.19. The number of carbonyl (C=O) groups is 1. The molecule has 0 aromatic heterocycles. The quantitative estimate of drug-likeness (QED) is 0.876. The molecule has 0 aliphatic heterocycles. The highest BCUT2D eigenvalue weighted by molar-refractivity contribution is 6.30. The molecule has 0 bridgehead atoms. The van der Waals surface area contributed by atoms with Crippen molar-refractivity contribution in [2.45, 2.75) is 25.8 Å². The van der Waals surface area contributed by atoms with E-state index in [4.69, 9.17) is 22.1 Å². The number of nitrogens with two attached hydrogens (primary N) is 1. The molecule has 0 spiro atoms. The Labute approximate surface area is 125 Å². The van der Waals surface area contributed by atoms with Crippen LogP contribution in [0.3, 0.4) is 0 Å². The van der Waals surface area contributed by atoms with E-state index < -0.39 is 5.54 Å². The number of hydrogen-bond acceptors (Lipinski definition) is 3. The Morgan fingerprint density at radius 3 is 2.63 bits per heavy atom. The highest BCUT2D eigenvalue weighted by Gasteiger charge is 2.19. The predicted octanol–water partition coefficient (Wildman–Crippen LogP) is 2.17. The summed E-state index contributed by atoms with van der Waals surface area (Å²) >= 11 is 5.91. The second-order valence-corrected chi connectivity index (χ2v) is 5.21. The fourth-order valence-electron chi connectivity index (χ4n) is 1.53. The Hall–Kier alpha value is -0.970. The molecule has 3 N–H and O–H groups in total. The summed E-state index contributed by atoms with van der Waals surface area (Å²) in [5, 5.41) is 3.44. The van der Waals surface area contributed by atoms with E-state index in [9.17, 15) is 4.79 Å². The van der Waals surface area contributed by atoms with Gasteiger partial charge in [-0.2, -0.15) is 0 Å². The number of nitrogens with one attached hydrogen (secondary N) is 1. The molecule has 0 radical (unpaired) electrons. The molecule has 0 unspecified atom stereocenters. The lowest BCUT2D eigenvalue weighted by Gasteiger charge is -2.24. The topological polar surface area (TPSA) is 64.3 Å². The van der Waals surface area contributed by atoms with Gasteiger partial charge in [0.1, 0.15) is 5.75 Å². The van der Waals surface area contributed by atoms with Gasteiger partial charge in [-0.15, -0.1) is 12.4 Å². The number of hydrogen-bond donors (Lipinski definition) is 2. The molecule has 0 saturated heterocycles. The third-order valence-corrected chi connectivity index (χ3v) is 2.82. The zero-order valence-electron chi connectivity index (χ0n) is 11.3. The number of amides is 1. The van der Waals surface area contributed by atoms with E-state index in [1.54, 1.807) is 25.3 Å². The number of rotatable bonds is 5.